The van der Waals surface area contributed by atoms with Crippen molar-refractivity contribution in [3.05, 3.63) is 76.0 Å². The zero-order valence-electron chi connectivity index (χ0n) is 13.9. The van der Waals surface area contributed by atoms with Crippen LogP contribution in [0, 0.1) is 10.1 Å². The Hall–Kier alpha value is -3.27. The number of hydrogen-bond acceptors (Lipinski definition) is 6. The largest absolute Gasteiger partial charge is 0.433 e. The normalized spacial score (nSPS) is 11.2. The van der Waals surface area contributed by atoms with E-state index < -0.39 is 22.5 Å². The Balaban J connectivity index is 2.10. The third-order valence-electron chi connectivity index (χ3n) is 3.58. The molecule has 1 heterocycles. The molecule has 3 aromatic rings. The first-order chi connectivity index (χ1) is 13.3. The Morgan fingerprint density at radius 2 is 1.75 bits per heavy atom. The molecule has 1 aromatic heterocycles. The van der Waals surface area contributed by atoms with E-state index in [0.717, 1.165) is 12.1 Å². The average molecular weight is 405 g/mol. The second-order valence-corrected chi connectivity index (χ2v) is 6.50. The summed E-state index contributed by atoms with van der Waals surface area (Å²) in [5.41, 5.74) is -1.01. The second-order valence-electron chi connectivity index (χ2n) is 5.49. The van der Waals surface area contributed by atoms with Crippen molar-refractivity contribution < 1.29 is 22.9 Å². The number of aldehydes is 1. The fourth-order valence-corrected chi connectivity index (χ4v) is 3.17. The molecule has 2 aromatic carbocycles. The van der Waals surface area contributed by atoms with Gasteiger partial charge in [0.2, 0.25) is 0 Å². The summed E-state index contributed by atoms with van der Waals surface area (Å²) in [6.45, 7) is 0. The molecule has 0 aliphatic rings. The first-order valence-corrected chi connectivity index (χ1v) is 8.53. The minimum atomic E-state index is -4.71. The van der Waals surface area contributed by atoms with Crippen molar-refractivity contribution in [3.63, 3.8) is 0 Å². The van der Waals surface area contributed by atoms with Gasteiger partial charge in [-0.15, -0.1) is 0 Å². The molecule has 0 aliphatic heterocycles. The molecule has 0 radical (unpaired) electrons. The number of nitro benzene ring substituents is 1. The van der Waals surface area contributed by atoms with Gasteiger partial charge < -0.3 is 0 Å². The predicted octanol–water partition coefficient (Wildman–Crippen LogP) is 5.03. The molecule has 0 fully saturated rings. The molecule has 0 aliphatic carbocycles. The van der Waals surface area contributed by atoms with E-state index in [1.54, 1.807) is 30.3 Å². The van der Waals surface area contributed by atoms with E-state index in [9.17, 15) is 28.1 Å². The lowest BCUT2D eigenvalue weighted by Gasteiger charge is -2.10. The van der Waals surface area contributed by atoms with Crippen LogP contribution in [0.4, 0.5) is 18.9 Å². The Labute approximate surface area is 160 Å². The summed E-state index contributed by atoms with van der Waals surface area (Å²) in [6.07, 6.45) is -4.27. The second kappa shape index (κ2) is 7.77. The minimum Gasteiger partial charge on any atom is -0.298 e. The topological polar surface area (TPSA) is 86.0 Å². The summed E-state index contributed by atoms with van der Waals surface area (Å²) in [5.74, 6) is 0. The summed E-state index contributed by atoms with van der Waals surface area (Å²) in [4.78, 5) is 29.0. The number of nitrogens with zero attached hydrogens (tertiary/aromatic N) is 3. The quantitative estimate of drug-likeness (QED) is 0.256. The first-order valence-electron chi connectivity index (χ1n) is 7.71. The van der Waals surface area contributed by atoms with Crippen molar-refractivity contribution in [3.8, 4) is 11.3 Å². The van der Waals surface area contributed by atoms with Crippen molar-refractivity contribution in [1.29, 1.82) is 0 Å². The van der Waals surface area contributed by atoms with Gasteiger partial charge in [-0.25, -0.2) is 9.97 Å². The molecule has 142 valence electrons. The van der Waals surface area contributed by atoms with E-state index >= 15 is 0 Å². The SMILES string of the molecule is O=Cc1ccc(Sc2nc(-c3ccccc3)cc(C(F)(F)F)n2)c([N+](=O)[O-])c1. The lowest BCUT2D eigenvalue weighted by Crippen LogP contribution is -2.10. The van der Waals surface area contributed by atoms with Crippen LogP contribution >= 0.6 is 11.8 Å². The number of carbonyl (C=O) groups is 1. The fourth-order valence-electron chi connectivity index (χ4n) is 2.31. The highest BCUT2D eigenvalue weighted by atomic mass is 32.2. The van der Waals surface area contributed by atoms with Crippen molar-refractivity contribution in [2.45, 2.75) is 16.2 Å². The van der Waals surface area contributed by atoms with Crippen LogP contribution in [0.2, 0.25) is 0 Å². The van der Waals surface area contributed by atoms with Gasteiger partial charge in [0.15, 0.2) is 5.16 Å². The first kappa shape index (κ1) is 19.5. The van der Waals surface area contributed by atoms with Crippen LogP contribution in [-0.4, -0.2) is 21.2 Å². The van der Waals surface area contributed by atoms with E-state index in [2.05, 4.69) is 9.97 Å². The molecule has 0 N–H and O–H groups in total. The number of nitro groups is 1. The Kier molecular flexibility index (Phi) is 5.41. The fraction of sp³-hybridized carbons (Fsp3) is 0.0556. The lowest BCUT2D eigenvalue weighted by molar-refractivity contribution is -0.387. The molecule has 0 unspecified atom stereocenters. The van der Waals surface area contributed by atoms with E-state index in [1.165, 1.54) is 12.1 Å². The monoisotopic (exact) mass is 405 g/mol. The number of carbonyl (C=O) groups excluding carboxylic acids is 1. The van der Waals surface area contributed by atoms with E-state index in [1.807, 2.05) is 0 Å². The molecule has 3 rings (SSSR count). The van der Waals surface area contributed by atoms with Crippen molar-refractivity contribution in [2.24, 2.45) is 0 Å². The number of aromatic nitrogens is 2. The van der Waals surface area contributed by atoms with Gasteiger partial charge in [0, 0.05) is 17.2 Å². The third kappa shape index (κ3) is 4.34. The molecule has 10 heteroatoms. The van der Waals surface area contributed by atoms with Crippen LogP contribution in [0.1, 0.15) is 16.1 Å². The number of hydrogen-bond donors (Lipinski definition) is 0. The predicted molar refractivity (Wildman–Crippen MR) is 95.1 cm³/mol. The van der Waals surface area contributed by atoms with Gasteiger partial charge in [0.25, 0.3) is 5.69 Å². The smallest absolute Gasteiger partial charge is 0.298 e. The highest BCUT2D eigenvalue weighted by Crippen LogP contribution is 2.37. The van der Waals surface area contributed by atoms with E-state index in [0.29, 0.717) is 23.6 Å². The average Bonchev–Trinajstić information content (AvgIpc) is 2.68. The molecule has 0 spiro atoms. The number of alkyl halides is 3. The maximum absolute atomic E-state index is 13.3. The summed E-state index contributed by atoms with van der Waals surface area (Å²) in [5, 5.41) is 11.0. The molecule has 6 nitrogen and oxygen atoms in total. The maximum atomic E-state index is 13.3. The number of halogens is 3. The molecular weight excluding hydrogens is 395 g/mol. The molecule has 0 amide bonds. The highest BCUT2D eigenvalue weighted by Gasteiger charge is 2.34. The molecule has 28 heavy (non-hydrogen) atoms. The van der Waals surface area contributed by atoms with Crippen molar-refractivity contribution in [2.75, 3.05) is 0 Å². The standard InChI is InChI=1S/C18H10F3N3O3S/c19-18(20,21)16-9-13(12-4-2-1-3-5-12)22-17(23-16)28-15-7-6-11(10-25)8-14(15)24(26)27/h1-10H. The molecular formula is C18H10F3N3O3S. The van der Waals surface area contributed by atoms with Crippen molar-refractivity contribution >= 4 is 23.7 Å². The number of benzene rings is 2. The van der Waals surface area contributed by atoms with E-state index in [-0.39, 0.29) is 21.3 Å². The number of rotatable bonds is 5. The molecule has 0 bridgehead atoms. The van der Waals surface area contributed by atoms with Crippen LogP contribution in [0.3, 0.4) is 0 Å². The van der Waals surface area contributed by atoms with Gasteiger partial charge in [-0.2, -0.15) is 13.2 Å². The maximum Gasteiger partial charge on any atom is 0.433 e. The lowest BCUT2D eigenvalue weighted by atomic mass is 10.1. The van der Waals surface area contributed by atoms with Gasteiger partial charge >= 0.3 is 6.18 Å². The third-order valence-corrected chi connectivity index (χ3v) is 4.51. The van der Waals surface area contributed by atoms with E-state index in [4.69, 9.17) is 0 Å². The Bertz CT molecular complexity index is 1040. The zero-order chi connectivity index (χ0) is 20.3. The highest BCUT2D eigenvalue weighted by molar-refractivity contribution is 7.99. The van der Waals surface area contributed by atoms with Crippen molar-refractivity contribution in [1.82, 2.24) is 9.97 Å². The van der Waals surface area contributed by atoms with Gasteiger partial charge in [-0.1, -0.05) is 36.4 Å². The Morgan fingerprint density at radius 3 is 2.36 bits per heavy atom. The molecule has 0 saturated heterocycles. The summed E-state index contributed by atoms with van der Waals surface area (Å²) < 4.78 is 39.8. The zero-order valence-corrected chi connectivity index (χ0v) is 14.7. The van der Waals surface area contributed by atoms with Crippen LogP contribution in [0.25, 0.3) is 11.3 Å². The van der Waals surface area contributed by atoms with Gasteiger partial charge in [0.1, 0.15) is 12.0 Å². The summed E-state index contributed by atoms with van der Waals surface area (Å²) in [7, 11) is 0. The van der Waals surface area contributed by atoms with Crippen LogP contribution in [0.5, 0.6) is 0 Å². The van der Waals surface area contributed by atoms with Crippen LogP contribution < -0.4 is 0 Å². The van der Waals surface area contributed by atoms with Crippen LogP contribution in [-0.2, 0) is 6.18 Å². The molecule has 0 atom stereocenters. The van der Waals surface area contributed by atoms with Gasteiger partial charge in [0.05, 0.1) is 15.5 Å². The Morgan fingerprint density at radius 1 is 1.04 bits per heavy atom. The summed E-state index contributed by atoms with van der Waals surface area (Å²) in [6, 6.07) is 12.7. The summed E-state index contributed by atoms with van der Waals surface area (Å²) >= 11 is 0.621. The van der Waals surface area contributed by atoms with Gasteiger partial charge in [-0.3, -0.25) is 14.9 Å². The van der Waals surface area contributed by atoms with Gasteiger partial charge in [-0.05, 0) is 23.9 Å². The van der Waals surface area contributed by atoms with Crippen LogP contribution in [0.15, 0.2) is 64.6 Å². The minimum absolute atomic E-state index is 0.0222. The molecule has 0 saturated carbocycles.